The number of aliphatic carboxylic acids is 1. The first-order valence-corrected chi connectivity index (χ1v) is 8.35. The van der Waals surface area contributed by atoms with Crippen molar-refractivity contribution in [1.82, 2.24) is 10.2 Å². The first-order valence-electron chi connectivity index (χ1n) is 8.35. The summed E-state index contributed by atoms with van der Waals surface area (Å²) in [7, 11) is 0. The molecule has 5 unspecified atom stereocenters. The van der Waals surface area contributed by atoms with Gasteiger partial charge in [-0.15, -0.1) is 0 Å². The number of carbonyl (C=O) groups excluding carboxylic acids is 1. The number of hydrogen-bond acceptors (Lipinski definition) is 2. The zero-order valence-electron chi connectivity index (χ0n) is 12.8. The van der Waals surface area contributed by atoms with Crippen LogP contribution in [0.1, 0.15) is 45.4 Å². The van der Waals surface area contributed by atoms with Crippen molar-refractivity contribution in [2.75, 3.05) is 13.1 Å². The van der Waals surface area contributed by atoms with E-state index in [4.69, 9.17) is 0 Å². The van der Waals surface area contributed by atoms with Gasteiger partial charge in [-0.2, -0.15) is 0 Å². The van der Waals surface area contributed by atoms with Crippen LogP contribution in [0.3, 0.4) is 0 Å². The maximum atomic E-state index is 12.4. The average molecular weight is 294 g/mol. The molecule has 2 amide bonds. The molecule has 0 aromatic carbocycles. The van der Waals surface area contributed by atoms with Gasteiger partial charge in [0.05, 0.1) is 0 Å². The molecule has 5 atom stereocenters. The first-order chi connectivity index (χ1) is 10.1. The molecule has 5 heteroatoms. The zero-order chi connectivity index (χ0) is 15.0. The molecular formula is C16H26N2O3. The van der Waals surface area contributed by atoms with Gasteiger partial charge in [0.15, 0.2) is 0 Å². The summed E-state index contributed by atoms with van der Waals surface area (Å²) in [6.45, 7) is 3.55. The number of fused-ring (bicyclic) bond motifs is 1. The van der Waals surface area contributed by atoms with E-state index in [0.29, 0.717) is 30.8 Å². The van der Waals surface area contributed by atoms with Gasteiger partial charge in [0.25, 0.3) is 0 Å². The number of hydrogen-bond donors (Lipinski definition) is 2. The van der Waals surface area contributed by atoms with Crippen LogP contribution in [0.15, 0.2) is 0 Å². The van der Waals surface area contributed by atoms with Crippen LogP contribution in [-0.4, -0.2) is 41.1 Å². The van der Waals surface area contributed by atoms with E-state index >= 15 is 0 Å². The van der Waals surface area contributed by atoms with Crippen LogP contribution in [0.2, 0.25) is 0 Å². The molecule has 3 aliphatic rings. The van der Waals surface area contributed by atoms with Crippen LogP contribution < -0.4 is 5.32 Å². The van der Waals surface area contributed by atoms with Crippen LogP contribution in [0, 0.1) is 23.7 Å². The van der Waals surface area contributed by atoms with Crippen molar-refractivity contribution in [3.05, 3.63) is 0 Å². The van der Waals surface area contributed by atoms with Gasteiger partial charge in [-0.25, -0.2) is 9.59 Å². The highest BCUT2D eigenvalue weighted by Crippen LogP contribution is 2.42. The Morgan fingerprint density at radius 2 is 1.95 bits per heavy atom. The highest BCUT2D eigenvalue weighted by Gasteiger charge is 2.49. The molecule has 1 aliphatic heterocycles. The van der Waals surface area contributed by atoms with Crippen molar-refractivity contribution in [2.45, 2.75) is 51.5 Å². The summed E-state index contributed by atoms with van der Waals surface area (Å²) in [5.41, 5.74) is 0. The third kappa shape index (κ3) is 2.74. The second-order valence-electron chi connectivity index (χ2n) is 7.14. The van der Waals surface area contributed by atoms with Gasteiger partial charge in [-0.05, 0) is 42.9 Å². The van der Waals surface area contributed by atoms with Crippen LogP contribution >= 0.6 is 0 Å². The maximum Gasteiger partial charge on any atom is 0.326 e. The number of urea groups is 1. The van der Waals surface area contributed by atoms with Gasteiger partial charge in [-0.3, -0.25) is 0 Å². The Hall–Kier alpha value is -1.26. The normalized spacial score (nSPS) is 38.5. The molecule has 21 heavy (non-hydrogen) atoms. The number of rotatable bonds is 3. The number of nitrogens with zero attached hydrogens (tertiary/aromatic N) is 1. The lowest BCUT2D eigenvalue weighted by Gasteiger charge is -2.26. The van der Waals surface area contributed by atoms with Gasteiger partial charge in [0, 0.05) is 13.1 Å². The van der Waals surface area contributed by atoms with E-state index in [2.05, 4.69) is 12.2 Å². The smallest absolute Gasteiger partial charge is 0.326 e. The lowest BCUT2D eigenvalue weighted by Crippen LogP contribution is -2.48. The molecule has 3 rings (SSSR count). The number of nitrogens with one attached hydrogen (secondary N) is 1. The standard InChI is InChI=1S/C16H26N2O3/c1-10-4-2-5-11(10)8-17-16(21)18-9-12-6-3-7-13(12)14(18)15(19)20/h10-14H,2-9H2,1H3,(H,17,21)(H,19,20). The Morgan fingerprint density at radius 3 is 2.62 bits per heavy atom. The SMILES string of the molecule is CC1CCCC1CNC(=O)N1CC2CCCC2C1C(=O)O. The van der Waals surface area contributed by atoms with Gasteiger partial charge in [0.2, 0.25) is 0 Å². The highest BCUT2D eigenvalue weighted by molar-refractivity contribution is 5.83. The van der Waals surface area contributed by atoms with Gasteiger partial charge < -0.3 is 15.3 Å². The lowest BCUT2D eigenvalue weighted by molar-refractivity contribution is -0.142. The van der Waals surface area contributed by atoms with Crippen LogP contribution in [0.5, 0.6) is 0 Å². The molecule has 0 aromatic heterocycles. The third-order valence-corrected chi connectivity index (χ3v) is 5.96. The summed E-state index contributed by atoms with van der Waals surface area (Å²) in [5, 5.41) is 12.5. The maximum absolute atomic E-state index is 12.4. The highest BCUT2D eigenvalue weighted by atomic mass is 16.4. The fourth-order valence-corrected chi connectivity index (χ4v) is 4.68. The quantitative estimate of drug-likeness (QED) is 0.839. The second-order valence-corrected chi connectivity index (χ2v) is 7.14. The number of carboxylic acids is 1. The van der Waals surface area contributed by atoms with Crippen molar-refractivity contribution in [3.8, 4) is 0 Å². The Labute approximate surface area is 126 Å². The number of amides is 2. The summed E-state index contributed by atoms with van der Waals surface area (Å²) in [5.74, 6) is 0.938. The van der Waals surface area contributed by atoms with Crippen molar-refractivity contribution in [2.24, 2.45) is 23.7 Å². The molecule has 5 nitrogen and oxygen atoms in total. The minimum absolute atomic E-state index is 0.165. The Balaban J connectivity index is 1.59. The zero-order valence-corrected chi connectivity index (χ0v) is 12.8. The fraction of sp³-hybridized carbons (Fsp3) is 0.875. The molecule has 1 saturated heterocycles. The van der Waals surface area contributed by atoms with E-state index in [9.17, 15) is 14.7 Å². The number of carboxylic acid groups (broad SMARTS) is 1. The van der Waals surface area contributed by atoms with Crippen molar-refractivity contribution >= 4 is 12.0 Å². The molecule has 0 aromatic rings. The Bertz CT molecular complexity index is 426. The number of carbonyl (C=O) groups is 2. The van der Waals surface area contributed by atoms with Crippen LogP contribution in [0.4, 0.5) is 4.79 Å². The van der Waals surface area contributed by atoms with E-state index in [0.717, 1.165) is 19.3 Å². The molecule has 118 valence electrons. The molecular weight excluding hydrogens is 268 g/mol. The first kappa shape index (κ1) is 14.7. The van der Waals surface area contributed by atoms with Gasteiger partial charge in [-0.1, -0.05) is 26.2 Å². The molecule has 2 N–H and O–H groups in total. The van der Waals surface area contributed by atoms with Gasteiger partial charge >= 0.3 is 12.0 Å². The van der Waals surface area contributed by atoms with E-state index in [1.807, 2.05) is 0 Å². The number of likely N-dealkylation sites (tertiary alicyclic amines) is 1. The summed E-state index contributed by atoms with van der Waals surface area (Å²) in [4.78, 5) is 25.5. The molecule has 1 heterocycles. The van der Waals surface area contributed by atoms with Crippen LogP contribution in [-0.2, 0) is 4.79 Å². The summed E-state index contributed by atoms with van der Waals surface area (Å²) < 4.78 is 0. The van der Waals surface area contributed by atoms with E-state index in [-0.39, 0.29) is 11.9 Å². The Kier molecular flexibility index (Phi) is 4.09. The third-order valence-electron chi connectivity index (χ3n) is 5.96. The largest absolute Gasteiger partial charge is 0.480 e. The van der Waals surface area contributed by atoms with Crippen molar-refractivity contribution in [3.63, 3.8) is 0 Å². The Morgan fingerprint density at radius 1 is 1.19 bits per heavy atom. The van der Waals surface area contributed by atoms with E-state index < -0.39 is 12.0 Å². The predicted molar refractivity (Wildman–Crippen MR) is 78.9 cm³/mol. The molecule has 2 aliphatic carbocycles. The minimum Gasteiger partial charge on any atom is -0.480 e. The second kappa shape index (κ2) is 5.85. The van der Waals surface area contributed by atoms with E-state index in [1.165, 1.54) is 19.3 Å². The molecule has 0 spiro atoms. The summed E-state index contributed by atoms with van der Waals surface area (Å²) in [6.07, 6.45) is 6.78. The molecule has 2 saturated carbocycles. The van der Waals surface area contributed by atoms with Gasteiger partial charge in [0.1, 0.15) is 6.04 Å². The van der Waals surface area contributed by atoms with Crippen LogP contribution in [0.25, 0.3) is 0 Å². The fourth-order valence-electron chi connectivity index (χ4n) is 4.68. The lowest BCUT2D eigenvalue weighted by atomic mass is 9.94. The average Bonchev–Trinajstić information content (AvgIpc) is 3.10. The summed E-state index contributed by atoms with van der Waals surface area (Å²) >= 11 is 0. The molecule has 0 radical (unpaired) electrons. The van der Waals surface area contributed by atoms with Crippen molar-refractivity contribution < 1.29 is 14.7 Å². The van der Waals surface area contributed by atoms with E-state index in [1.54, 1.807) is 4.90 Å². The minimum atomic E-state index is -0.839. The molecule has 3 fully saturated rings. The molecule has 0 bridgehead atoms. The summed E-state index contributed by atoms with van der Waals surface area (Å²) in [6, 6.07) is -0.783. The predicted octanol–water partition coefficient (Wildman–Crippen LogP) is 2.32. The topological polar surface area (TPSA) is 69.6 Å². The monoisotopic (exact) mass is 294 g/mol. The van der Waals surface area contributed by atoms with Crippen molar-refractivity contribution in [1.29, 1.82) is 0 Å².